The molecule has 0 bridgehead atoms. The van der Waals surface area contributed by atoms with E-state index in [1.165, 1.54) is 0 Å². The number of benzene rings is 1. The zero-order valence-corrected chi connectivity index (χ0v) is 18.7. The summed E-state index contributed by atoms with van der Waals surface area (Å²) in [5.41, 5.74) is 6.57. The van der Waals surface area contributed by atoms with Gasteiger partial charge in [-0.05, 0) is 67.6 Å². The molecule has 1 aromatic carbocycles. The Hall–Kier alpha value is -3.51. The summed E-state index contributed by atoms with van der Waals surface area (Å²) in [7, 11) is 0. The number of carbonyl (C=O) groups is 1. The highest BCUT2D eigenvalue weighted by Crippen LogP contribution is 2.22. The summed E-state index contributed by atoms with van der Waals surface area (Å²) in [6, 6.07) is 20.0. The summed E-state index contributed by atoms with van der Waals surface area (Å²) >= 11 is 0. The molecule has 6 nitrogen and oxygen atoms in total. The van der Waals surface area contributed by atoms with Crippen molar-refractivity contribution in [1.29, 1.82) is 0 Å². The van der Waals surface area contributed by atoms with Crippen LogP contribution < -0.4 is 5.32 Å². The minimum absolute atomic E-state index is 0.209. The smallest absolute Gasteiger partial charge is 0.272 e. The van der Waals surface area contributed by atoms with Crippen LogP contribution in [0.2, 0.25) is 0 Å². The lowest BCUT2D eigenvalue weighted by atomic mass is 9.92. The fourth-order valence-electron chi connectivity index (χ4n) is 4.59. The first kappa shape index (κ1) is 21.3. The largest absolute Gasteiger partial charge is 0.391 e. The van der Waals surface area contributed by atoms with Crippen LogP contribution in [0.15, 0.2) is 66.9 Å². The van der Waals surface area contributed by atoms with E-state index in [0.29, 0.717) is 12.1 Å². The Balaban J connectivity index is 1.39. The van der Waals surface area contributed by atoms with Gasteiger partial charge in [-0.25, -0.2) is 4.52 Å². The molecule has 2 N–H and O–H groups in total. The number of aryl methyl sites for hydroxylation is 1. The zero-order chi connectivity index (χ0) is 22.8. The van der Waals surface area contributed by atoms with Crippen molar-refractivity contribution < 1.29 is 9.90 Å². The standard InChI is InChI=1S/C27H28N4O2/c1-18-6-4-8-22(28-18)20-13-11-19(12-14-20)16-21-17-24(30-31-15-5-9-25(21)31)27(33)29-23-7-2-3-10-26(23)32/h4-6,8-9,11-15,17,23,26,32H,2-3,7,10,16H2,1H3,(H,29,33)/t23-,26-/m0/s1. The summed E-state index contributed by atoms with van der Waals surface area (Å²) in [4.78, 5) is 17.6. The molecule has 1 saturated carbocycles. The van der Waals surface area contributed by atoms with Crippen molar-refractivity contribution in [2.45, 2.75) is 51.2 Å². The SMILES string of the molecule is Cc1cccc(-c2ccc(Cc3cc(C(=O)N[C@H]4CCCC[C@@H]4O)nn4cccc34)cc2)n1. The van der Waals surface area contributed by atoms with E-state index >= 15 is 0 Å². The summed E-state index contributed by atoms with van der Waals surface area (Å²) in [6.07, 6.45) is 5.61. The number of pyridine rings is 1. The first-order valence-electron chi connectivity index (χ1n) is 11.6. The van der Waals surface area contributed by atoms with Gasteiger partial charge in [0.1, 0.15) is 5.69 Å². The van der Waals surface area contributed by atoms with Crippen LogP contribution in [0.4, 0.5) is 0 Å². The third-order valence-electron chi connectivity index (χ3n) is 6.39. The van der Waals surface area contributed by atoms with E-state index in [2.05, 4.69) is 39.7 Å². The fraction of sp³-hybridized carbons (Fsp3) is 0.296. The minimum atomic E-state index is -0.487. The lowest BCUT2D eigenvalue weighted by molar-refractivity contribution is 0.0713. The molecule has 1 fully saturated rings. The number of nitrogens with one attached hydrogen (secondary N) is 1. The average Bonchev–Trinajstić information content (AvgIpc) is 3.30. The van der Waals surface area contributed by atoms with Gasteiger partial charge in [-0.1, -0.05) is 43.2 Å². The van der Waals surface area contributed by atoms with Crippen LogP contribution in [-0.4, -0.2) is 37.8 Å². The quantitative estimate of drug-likeness (QED) is 0.484. The minimum Gasteiger partial charge on any atom is -0.391 e. The molecule has 4 aromatic rings. The Morgan fingerprint density at radius 2 is 1.91 bits per heavy atom. The van der Waals surface area contributed by atoms with E-state index in [9.17, 15) is 9.90 Å². The molecule has 1 amide bonds. The number of hydrogen-bond acceptors (Lipinski definition) is 4. The second-order valence-electron chi connectivity index (χ2n) is 8.86. The first-order chi connectivity index (χ1) is 16.1. The van der Waals surface area contributed by atoms with E-state index in [1.807, 2.05) is 49.5 Å². The molecular weight excluding hydrogens is 412 g/mol. The van der Waals surface area contributed by atoms with E-state index in [4.69, 9.17) is 0 Å². The number of aliphatic hydroxyl groups excluding tert-OH is 1. The number of hydrogen-bond donors (Lipinski definition) is 2. The lowest BCUT2D eigenvalue weighted by Gasteiger charge is -2.28. The summed E-state index contributed by atoms with van der Waals surface area (Å²) in [6.45, 7) is 1.99. The van der Waals surface area contributed by atoms with Crippen LogP contribution in [0.5, 0.6) is 0 Å². The average molecular weight is 441 g/mol. The number of nitrogens with zero attached hydrogens (tertiary/aromatic N) is 3. The van der Waals surface area contributed by atoms with Gasteiger partial charge in [0, 0.05) is 17.5 Å². The second kappa shape index (κ2) is 9.16. The van der Waals surface area contributed by atoms with Gasteiger partial charge in [0.05, 0.1) is 23.4 Å². The number of aromatic nitrogens is 3. The molecule has 33 heavy (non-hydrogen) atoms. The lowest BCUT2D eigenvalue weighted by Crippen LogP contribution is -2.45. The van der Waals surface area contributed by atoms with Gasteiger partial charge in [0.15, 0.2) is 0 Å². The Labute approximate surface area is 193 Å². The highest BCUT2D eigenvalue weighted by molar-refractivity contribution is 5.93. The Kier molecular flexibility index (Phi) is 5.92. The van der Waals surface area contributed by atoms with Crippen molar-refractivity contribution in [3.8, 4) is 11.3 Å². The number of fused-ring (bicyclic) bond motifs is 1. The molecule has 0 radical (unpaired) electrons. The van der Waals surface area contributed by atoms with Crippen LogP contribution in [0, 0.1) is 6.92 Å². The topological polar surface area (TPSA) is 79.5 Å². The van der Waals surface area contributed by atoms with Crippen LogP contribution in [0.25, 0.3) is 16.8 Å². The molecule has 0 aliphatic heterocycles. The van der Waals surface area contributed by atoms with Gasteiger partial charge in [0.2, 0.25) is 0 Å². The monoisotopic (exact) mass is 440 g/mol. The van der Waals surface area contributed by atoms with Crippen LogP contribution >= 0.6 is 0 Å². The van der Waals surface area contributed by atoms with Crippen molar-refractivity contribution in [2.24, 2.45) is 0 Å². The fourth-order valence-corrected chi connectivity index (χ4v) is 4.59. The number of amides is 1. The van der Waals surface area contributed by atoms with Gasteiger partial charge >= 0.3 is 0 Å². The Bertz CT molecular complexity index is 1280. The third kappa shape index (κ3) is 4.66. The predicted molar refractivity (Wildman–Crippen MR) is 128 cm³/mol. The normalized spacial score (nSPS) is 18.4. The molecule has 3 aromatic heterocycles. The molecular formula is C27H28N4O2. The number of aliphatic hydroxyl groups is 1. The molecule has 168 valence electrons. The van der Waals surface area contributed by atoms with Crippen molar-refractivity contribution in [3.63, 3.8) is 0 Å². The van der Waals surface area contributed by atoms with Crippen molar-refractivity contribution in [1.82, 2.24) is 19.9 Å². The van der Waals surface area contributed by atoms with Gasteiger partial charge < -0.3 is 10.4 Å². The Morgan fingerprint density at radius 3 is 2.70 bits per heavy atom. The van der Waals surface area contributed by atoms with E-state index in [1.54, 1.807) is 4.52 Å². The van der Waals surface area contributed by atoms with Crippen molar-refractivity contribution in [2.75, 3.05) is 0 Å². The summed E-state index contributed by atoms with van der Waals surface area (Å²) < 4.78 is 1.76. The number of rotatable bonds is 5. The summed E-state index contributed by atoms with van der Waals surface area (Å²) in [5, 5.41) is 17.7. The van der Waals surface area contributed by atoms with Gasteiger partial charge in [-0.2, -0.15) is 5.10 Å². The van der Waals surface area contributed by atoms with Gasteiger partial charge in [-0.15, -0.1) is 0 Å². The van der Waals surface area contributed by atoms with E-state index in [0.717, 1.165) is 59.3 Å². The highest BCUT2D eigenvalue weighted by atomic mass is 16.3. The molecule has 0 saturated heterocycles. The molecule has 5 rings (SSSR count). The maximum absolute atomic E-state index is 13.0. The van der Waals surface area contributed by atoms with Crippen molar-refractivity contribution in [3.05, 3.63) is 89.4 Å². The maximum Gasteiger partial charge on any atom is 0.272 e. The second-order valence-corrected chi connectivity index (χ2v) is 8.86. The van der Waals surface area contributed by atoms with Crippen molar-refractivity contribution >= 4 is 11.4 Å². The van der Waals surface area contributed by atoms with Crippen LogP contribution in [0.1, 0.15) is 53.0 Å². The Morgan fingerprint density at radius 1 is 1.09 bits per heavy atom. The number of carbonyl (C=O) groups excluding carboxylic acids is 1. The van der Waals surface area contributed by atoms with E-state index < -0.39 is 6.10 Å². The third-order valence-corrected chi connectivity index (χ3v) is 6.39. The van der Waals surface area contributed by atoms with Crippen LogP contribution in [0.3, 0.4) is 0 Å². The molecule has 1 aliphatic rings. The highest BCUT2D eigenvalue weighted by Gasteiger charge is 2.25. The molecule has 6 heteroatoms. The van der Waals surface area contributed by atoms with Crippen LogP contribution in [-0.2, 0) is 6.42 Å². The summed E-state index contributed by atoms with van der Waals surface area (Å²) in [5.74, 6) is -0.237. The van der Waals surface area contributed by atoms with Gasteiger partial charge in [-0.3, -0.25) is 9.78 Å². The molecule has 3 heterocycles. The zero-order valence-electron chi connectivity index (χ0n) is 18.7. The van der Waals surface area contributed by atoms with Gasteiger partial charge in [0.25, 0.3) is 5.91 Å². The first-order valence-corrected chi connectivity index (χ1v) is 11.6. The molecule has 0 unspecified atom stereocenters. The predicted octanol–water partition coefficient (Wildman–Crippen LogP) is 4.33. The maximum atomic E-state index is 13.0. The molecule has 2 atom stereocenters. The van der Waals surface area contributed by atoms with E-state index in [-0.39, 0.29) is 11.9 Å². The molecule has 0 spiro atoms. The molecule has 1 aliphatic carbocycles.